The summed E-state index contributed by atoms with van der Waals surface area (Å²) in [5.41, 5.74) is 2.02. The van der Waals surface area contributed by atoms with Crippen molar-refractivity contribution in [1.29, 1.82) is 0 Å². The summed E-state index contributed by atoms with van der Waals surface area (Å²) in [5, 5.41) is 5.18. The van der Waals surface area contributed by atoms with Gasteiger partial charge in [0.25, 0.3) is 5.91 Å². The smallest absolute Gasteiger partial charge is 0.279 e. The van der Waals surface area contributed by atoms with E-state index in [2.05, 4.69) is 10.9 Å². The number of aryl methyl sites for hydroxylation is 1. The molecule has 0 bridgehead atoms. The molecule has 8 heteroatoms. The standard InChI is InChI=1S/C18H15N3O3S2/c1-3-10-21-15-9-8-13(26(19,23)24)11-16(15)25-18(21)20-17(22)14-7-5-4-6-12(14)2/h1,4-9,11H,10H2,2H3,(H2,19,23,24). The van der Waals surface area contributed by atoms with Crippen molar-refractivity contribution in [3.63, 3.8) is 0 Å². The summed E-state index contributed by atoms with van der Waals surface area (Å²) in [6, 6.07) is 11.6. The molecule has 0 saturated carbocycles. The van der Waals surface area contributed by atoms with E-state index in [-0.39, 0.29) is 17.3 Å². The third-order valence-corrected chi connectivity index (χ3v) is 5.76. The Morgan fingerprint density at radius 2 is 2.04 bits per heavy atom. The summed E-state index contributed by atoms with van der Waals surface area (Å²) < 4.78 is 25.4. The lowest BCUT2D eigenvalue weighted by molar-refractivity contribution is 0.0997. The van der Waals surface area contributed by atoms with Crippen LogP contribution in [0.5, 0.6) is 0 Å². The maximum atomic E-state index is 12.6. The first kappa shape index (κ1) is 18.1. The van der Waals surface area contributed by atoms with E-state index >= 15 is 0 Å². The monoisotopic (exact) mass is 385 g/mol. The van der Waals surface area contributed by atoms with E-state index in [0.29, 0.717) is 20.6 Å². The summed E-state index contributed by atoms with van der Waals surface area (Å²) in [4.78, 5) is 17.2. The van der Waals surface area contributed by atoms with Crippen molar-refractivity contribution in [2.45, 2.75) is 18.4 Å². The number of thiazole rings is 1. The lowest BCUT2D eigenvalue weighted by Crippen LogP contribution is -2.16. The molecule has 0 aliphatic rings. The number of terminal acetylenes is 1. The minimum absolute atomic E-state index is 0.00381. The molecule has 26 heavy (non-hydrogen) atoms. The summed E-state index contributed by atoms with van der Waals surface area (Å²) >= 11 is 1.18. The number of fused-ring (bicyclic) bond motifs is 1. The molecule has 0 fully saturated rings. The molecule has 1 amide bonds. The first-order chi connectivity index (χ1) is 12.3. The molecule has 0 aliphatic carbocycles. The van der Waals surface area contributed by atoms with Gasteiger partial charge in [-0.15, -0.1) is 6.42 Å². The zero-order valence-electron chi connectivity index (χ0n) is 13.8. The van der Waals surface area contributed by atoms with Gasteiger partial charge in [-0.2, -0.15) is 4.99 Å². The average Bonchev–Trinajstić information content (AvgIpc) is 2.91. The number of amides is 1. The Bertz CT molecular complexity index is 1230. The minimum Gasteiger partial charge on any atom is -0.305 e. The highest BCUT2D eigenvalue weighted by Crippen LogP contribution is 2.21. The molecule has 2 aromatic carbocycles. The van der Waals surface area contributed by atoms with Gasteiger partial charge in [0.05, 0.1) is 21.7 Å². The Morgan fingerprint density at radius 3 is 2.69 bits per heavy atom. The molecule has 0 unspecified atom stereocenters. The van der Waals surface area contributed by atoms with Gasteiger partial charge in [-0.05, 0) is 36.8 Å². The number of carbonyl (C=O) groups excluding carboxylic acids is 1. The number of benzene rings is 2. The van der Waals surface area contributed by atoms with Gasteiger partial charge in [-0.3, -0.25) is 4.79 Å². The number of rotatable bonds is 3. The molecule has 2 N–H and O–H groups in total. The molecular formula is C18H15N3O3S2. The van der Waals surface area contributed by atoms with Gasteiger partial charge >= 0.3 is 0 Å². The number of primary sulfonamides is 1. The fraction of sp³-hybridized carbons (Fsp3) is 0.111. The van der Waals surface area contributed by atoms with Crippen LogP contribution in [0.4, 0.5) is 0 Å². The molecule has 0 radical (unpaired) electrons. The van der Waals surface area contributed by atoms with E-state index in [4.69, 9.17) is 11.6 Å². The van der Waals surface area contributed by atoms with Gasteiger partial charge < -0.3 is 4.57 Å². The van der Waals surface area contributed by atoms with Crippen LogP contribution in [0.1, 0.15) is 15.9 Å². The van der Waals surface area contributed by atoms with Gasteiger partial charge in [0.1, 0.15) is 0 Å². The number of carbonyl (C=O) groups is 1. The minimum atomic E-state index is -3.82. The number of nitrogens with two attached hydrogens (primary N) is 1. The SMILES string of the molecule is C#CCn1c(=NC(=O)c2ccccc2C)sc2cc(S(N)(=O)=O)ccc21. The third kappa shape index (κ3) is 3.46. The number of nitrogens with zero attached hydrogens (tertiary/aromatic N) is 2. The van der Waals surface area contributed by atoms with Crippen LogP contribution in [0.15, 0.2) is 52.4 Å². The average molecular weight is 385 g/mol. The fourth-order valence-electron chi connectivity index (χ4n) is 2.52. The van der Waals surface area contributed by atoms with Crippen LogP contribution in [0.25, 0.3) is 10.2 Å². The van der Waals surface area contributed by atoms with E-state index in [0.717, 1.165) is 5.56 Å². The van der Waals surface area contributed by atoms with Crippen molar-refractivity contribution < 1.29 is 13.2 Å². The van der Waals surface area contributed by atoms with Crippen LogP contribution in [0.2, 0.25) is 0 Å². The van der Waals surface area contributed by atoms with Crippen LogP contribution in [0.3, 0.4) is 0 Å². The Kier molecular flexibility index (Phi) is 4.78. The molecule has 1 aromatic heterocycles. The Morgan fingerprint density at radius 1 is 1.31 bits per heavy atom. The number of aromatic nitrogens is 1. The number of sulfonamides is 1. The van der Waals surface area contributed by atoms with Crippen LogP contribution < -0.4 is 9.94 Å². The molecule has 6 nitrogen and oxygen atoms in total. The summed E-state index contributed by atoms with van der Waals surface area (Å²) in [5.74, 6) is 2.14. The summed E-state index contributed by atoms with van der Waals surface area (Å²) in [6.07, 6.45) is 5.44. The second-order valence-electron chi connectivity index (χ2n) is 5.58. The topological polar surface area (TPSA) is 94.5 Å². The van der Waals surface area contributed by atoms with Crippen molar-refractivity contribution in [3.05, 3.63) is 58.4 Å². The van der Waals surface area contributed by atoms with Gasteiger partial charge in [0, 0.05) is 5.56 Å². The second-order valence-corrected chi connectivity index (χ2v) is 8.15. The van der Waals surface area contributed by atoms with E-state index in [1.165, 1.54) is 23.5 Å². The zero-order chi connectivity index (χ0) is 18.9. The van der Waals surface area contributed by atoms with Gasteiger partial charge in [-0.25, -0.2) is 13.6 Å². The van der Waals surface area contributed by atoms with Crippen LogP contribution >= 0.6 is 11.3 Å². The Labute approximate surface area is 154 Å². The highest BCUT2D eigenvalue weighted by atomic mass is 32.2. The predicted octanol–water partition coefficient (Wildman–Crippen LogP) is 2.03. The molecule has 132 valence electrons. The number of hydrogen-bond acceptors (Lipinski definition) is 4. The maximum absolute atomic E-state index is 12.6. The summed E-state index contributed by atoms with van der Waals surface area (Å²) in [6.45, 7) is 2.04. The Hall–Kier alpha value is -2.73. The van der Waals surface area contributed by atoms with Crippen LogP contribution in [-0.4, -0.2) is 18.9 Å². The van der Waals surface area contributed by atoms with Crippen LogP contribution in [-0.2, 0) is 16.6 Å². The molecule has 1 heterocycles. The largest absolute Gasteiger partial charge is 0.305 e. The number of hydrogen-bond donors (Lipinski definition) is 1. The molecular weight excluding hydrogens is 370 g/mol. The fourth-order valence-corrected chi connectivity index (χ4v) is 4.20. The maximum Gasteiger partial charge on any atom is 0.279 e. The molecule has 3 rings (SSSR count). The Balaban J connectivity index is 2.22. The van der Waals surface area contributed by atoms with Crippen LogP contribution in [0, 0.1) is 19.3 Å². The normalized spacial score (nSPS) is 12.3. The highest BCUT2D eigenvalue weighted by molar-refractivity contribution is 7.89. The molecule has 0 spiro atoms. The van der Waals surface area contributed by atoms with E-state index in [1.54, 1.807) is 22.8 Å². The quantitative estimate of drug-likeness (QED) is 0.699. The second kappa shape index (κ2) is 6.88. The summed E-state index contributed by atoms with van der Waals surface area (Å²) in [7, 11) is -3.82. The lowest BCUT2D eigenvalue weighted by Gasteiger charge is -2.02. The molecule has 0 atom stereocenters. The molecule has 0 saturated heterocycles. The van der Waals surface area contributed by atoms with Crippen molar-refractivity contribution >= 4 is 37.5 Å². The highest BCUT2D eigenvalue weighted by Gasteiger charge is 2.13. The molecule has 0 aliphatic heterocycles. The van der Waals surface area contributed by atoms with Gasteiger partial charge in [0.2, 0.25) is 10.0 Å². The van der Waals surface area contributed by atoms with Crippen molar-refractivity contribution in [2.24, 2.45) is 10.1 Å². The third-order valence-electron chi connectivity index (χ3n) is 3.80. The first-order valence-electron chi connectivity index (χ1n) is 7.55. The molecule has 3 aromatic rings. The van der Waals surface area contributed by atoms with Gasteiger partial charge in [0.15, 0.2) is 4.80 Å². The van der Waals surface area contributed by atoms with Crippen molar-refractivity contribution in [3.8, 4) is 12.3 Å². The van der Waals surface area contributed by atoms with Crippen molar-refractivity contribution in [2.75, 3.05) is 0 Å². The van der Waals surface area contributed by atoms with E-state index in [9.17, 15) is 13.2 Å². The van der Waals surface area contributed by atoms with Crippen molar-refractivity contribution in [1.82, 2.24) is 4.57 Å². The van der Waals surface area contributed by atoms with E-state index < -0.39 is 10.0 Å². The predicted molar refractivity (Wildman–Crippen MR) is 101 cm³/mol. The van der Waals surface area contributed by atoms with E-state index in [1.807, 2.05) is 19.1 Å². The lowest BCUT2D eigenvalue weighted by atomic mass is 10.1. The first-order valence-corrected chi connectivity index (χ1v) is 9.92. The zero-order valence-corrected chi connectivity index (χ0v) is 15.5. The van der Waals surface area contributed by atoms with Gasteiger partial charge in [-0.1, -0.05) is 35.5 Å².